The second kappa shape index (κ2) is 21.9. The number of nitrogens with two attached hydrogens (primary N) is 5. The Morgan fingerprint density at radius 2 is 1.65 bits per heavy atom. The third kappa shape index (κ3) is 13.0. The number of aliphatic hydroxyl groups is 1. The van der Waals surface area contributed by atoms with Crippen LogP contribution in [0, 0.1) is 0 Å². The summed E-state index contributed by atoms with van der Waals surface area (Å²) in [5.41, 5.74) is 31.5. The quantitative estimate of drug-likeness (QED) is 0.0794. The van der Waals surface area contributed by atoms with Crippen molar-refractivity contribution in [3.05, 3.63) is 53.6 Å². The Morgan fingerprint density at radius 3 is 2.33 bits per heavy atom. The molecule has 54 heavy (non-hydrogen) atoms. The first-order valence-corrected chi connectivity index (χ1v) is 18.4. The van der Waals surface area contributed by atoms with Crippen molar-refractivity contribution < 1.29 is 34.2 Å². The van der Waals surface area contributed by atoms with Gasteiger partial charge in [0.25, 0.3) is 0 Å². The molecule has 2 aromatic carbocycles. The lowest BCUT2D eigenvalue weighted by Crippen LogP contribution is -2.59. The summed E-state index contributed by atoms with van der Waals surface area (Å²) >= 11 is 0. The molecule has 0 aromatic heterocycles. The van der Waals surface area contributed by atoms with Gasteiger partial charge in [0.15, 0.2) is 0 Å². The number of rotatable bonds is 17. The van der Waals surface area contributed by atoms with Crippen molar-refractivity contribution in [2.45, 2.75) is 87.7 Å². The second-order valence-corrected chi connectivity index (χ2v) is 13.7. The van der Waals surface area contributed by atoms with E-state index in [-0.39, 0.29) is 69.9 Å². The zero-order valence-corrected chi connectivity index (χ0v) is 31.0. The molecule has 0 aliphatic carbocycles. The number of aliphatic hydroxyl groups excluding tert-OH is 1. The number of carbonyl (C=O) groups is 5. The highest BCUT2D eigenvalue weighted by Gasteiger charge is 2.36. The Hall–Kier alpha value is -4.65. The zero-order chi connectivity index (χ0) is 39.8. The number of nitrogens with zero attached hydrogens (tertiary/aromatic N) is 1. The highest BCUT2D eigenvalue weighted by molar-refractivity contribution is 5.95. The Balaban J connectivity index is 2.03. The van der Waals surface area contributed by atoms with Crippen LogP contribution in [0.15, 0.2) is 42.5 Å². The lowest BCUT2D eigenvalue weighted by atomic mass is 9.95. The Kier molecular flexibility index (Phi) is 17.7. The van der Waals surface area contributed by atoms with Gasteiger partial charge in [-0.3, -0.25) is 24.0 Å². The molecule has 5 amide bonds. The van der Waals surface area contributed by atoms with E-state index in [0.717, 1.165) is 11.1 Å². The maximum absolute atomic E-state index is 14.3. The van der Waals surface area contributed by atoms with Crippen LogP contribution < -0.4 is 49.9 Å². The highest BCUT2D eigenvalue weighted by atomic mass is 16.3. The van der Waals surface area contributed by atoms with Crippen molar-refractivity contribution in [1.29, 1.82) is 0 Å². The molecule has 1 aliphatic heterocycles. The van der Waals surface area contributed by atoms with E-state index in [9.17, 15) is 34.2 Å². The molecule has 17 heteroatoms. The molecule has 4 bridgehead atoms. The van der Waals surface area contributed by atoms with Gasteiger partial charge in [-0.25, -0.2) is 0 Å². The number of benzene rings is 2. The maximum atomic E-state index is 14.3. The van der Waals surface area contributed by atoms with E-state index in [4.69, 9.17) is 28.7 Å². The van der Waals surface area contributed by atoms with E-state index < -0.39 is 59.9 Å². The van der Waals surface area contributed by atoms with E-state index in [1.54, 1.807) is 24.3 Å². The van der Waals surface area contributed by atoms with Gasteiger partial charge in [0, 0.05) is 58.4 Å². The minimum absolute atomic E-state index is 0.00184. The minimum atomic E-state index is -1.33. The third-order valence-corrected chi connectivity index (χ3v) is 9.39. The standard InChI is InChI=1S/C37H58N10O7/c1-47-31(36(53)45-29(8-4-12-39)35(52)44-26(7-3-11-38)19-33(50)43-14-13-40)16-22-5-2-6-23(15-22)24-9-10-32(49)25(17-24)18-28(42)34(51)46-30(37(47)54)20-27(48)21-41/h2,5-6,9-10,15,17,26-31,48-49H,3-4,7-8,11-14,16,18-21,38-42H2,1H3,(H,43,50)(H,44,52)(H,45,53)(H,46,51)/t26-,27+,28-,29-,30-,31-/m0/s1. The Bertz CT molecular complexity index is 1580. The van der Waals surface area contributed by atoms with E-state index in [0.29, 0.717) is 36.9 Å². The van der Waals surface area contributed by atoms with Crippen LogP contribution in [0.5, 0.6) is 5.75 Å². The first-order valence-electron chi connectivity index (χ1n) is 18.4. The molecule has 17 nitrogen and oxygen atoms in total. The average Bonchev–Trinajstić information content (AvgIpc) is 3.16. The molecule has 1 heterocycles. The molecule has 0 spiro atoms. The van der Waals surface area contributed by atoms with E-state index in [2.05, 4.69) is 21.3 Å². The van der Waals surface area contributed by atoms with Crippen LogP contribution in [0.4, 0.5) is 0 Å². The summed E-state index contributed by atoms with van der Waals surface area (Å²) in [6, 6.07) is 6.87. The molecule has 0 fully saturated rings. The van der Waals surface area contributed by atoms with Gasteiger partial charge in [-0.1, -0.05) is 30.3 Å². The van der Waals surface area contributed by atoms with Crippen molar-refractivity contribution in [3.8, 4) is 16.9 Å². The van der Waals surface area contributed by atoms with Gasteiger partial charge in [0.1, 0.15) is 23.9 Å². The van der Waals surface area contributed by atoms with Crippen LogP contribution >= 0.6 is 0 Å². The van der Waals surface area contributed by atoms with Gasteiger partial charge in [0.2, 0.25) is 29.5 Å². The minimum Gasteiger partial charge on any atom is -0.508 e. The summed E-state index contributed by atoms with van der Waals surface area (Å²) in [5.74, 6) is -2.97. The lowest BCUT2D eigenvalue weighted by Gasteiger charge is -2.33. The molecule has 2 aromatic rings. The largest absolute Gasteiger partial charge is 0.508 e. The fraction of sp³-hybridized carbons (Fsp3) is 0.541. The normalized spacial score (nSPS) is 19.4. The summed E-state index contributed by atoms with van der Waals surface area (Å²) < 4.78 is 0. The van der Waals surface area contributed by atoms with Crippen molar-refractivity contribution in [2.75, 3.05) is 39.8 Å². The topological polar surface area (TPSA) is 307 Å². The molecule has 0 unspecified atom stereocenters. The number of hydrogen-bond acceptors (Lipinski definition) is 12. The van der Waals surface area contributed by atoms with Gasteiger partial charge in [-0.05, 0) is 73.2 Å². The van der Waals surface area contributed by atoms with E-state index in [1.807, 2.05) is 12.1 Å². The number of amides is 5. The lowest BCUT2D eigenvalue weighted by molar-refractivity contribution is -0.143. The predicted octanol–water partition coefficient (Wildman–Crippen LogP) is -2.58. The second-order valence-electron chi connectivity index (χ2n) is 13.7. The van der Waals surface area contributed by atoms with Crippen LogP contribution in [0.1, 0.15) is 49.7 Å². The van der Waals surface area contributed by atoms with Crippen LogP contribution in [0.25, 0.3) is 11.1 Å². The van der Waals surface area contributed by atoms with Gasteiger partial charge >= 0.3 is 0 Å². The molecule has 16 N–H and O–H groups in total. The first kappa shape index (κ1) is 43.8. The molecule has 1 aliphatic rings. The molecule has 0 saturated carbocycles. The highest BCUT2D eigenvalue weighted by Crippen LogP contribution is 2.28. The molecular formula is C37H58N10O7. The maximum Gasteiger partial charge on any atom is 0.245 e. The van der Waals surface area contributed by atoms with Crippen LogP contribution in [-0.2, 0) is 36.8 Å². The number of fused-ring (bicyclic) bond motifs is 5. The Morgan fingerprint density at radius 1 is 0.944 bits per heavy atom. The van der Waals surface area contributed by atoms with Gasteiger partial charge in [-0.15, -0.1) is 0 Å². The number of hydrogen-bond donors (Lipinski definition) is 11. The van der Waals surface area contributed by atoms with Gasteiger partial charge < -0.3 is 65.0 Å². The summed E-state index contributed by atoms with van der Waals surface area (Å²) in [5, 5.41) is 32.1. The Labute approximate surface area is 316 Å². The summed E-state index contributed by atoms with van der Waals surface area (Å²) in [6.07, 6.45) is -0.0211. The van der Waals surface area contributed by atoms with Crippen molar-refractivity contribution >= 4 is 29.5 Å². The van der Waals surface area contributed by atoms with Crippen molar-refractivity contribution in [1.82, 2.24) is 26.2 Å². The summed E-state index contributed by atoms with van der Waals surface area (Å²) in [7, 11) is 1.40. The van der Waals surface area contributed by atoms with Crippen molar-refractivity contribution in [3.63, 3.8) is 0 Å². The summed E-state index contributed by atoms with van der Waals surface area (Å²) in [6.45, 7) is 0.911. The molecule has 298 valence electrons. The molecule has 6 atom stereocenters. The van der Waals surface area contributed by atoms with Gasteiger partial charge in [-0.2, -0.15) is 0 Å². The van der Waals surface area contributed by atoms with Crippen molar-refractivity contribution in [2.24, 2.45) is 28.7 Å². The molecule has 0 saturated heterocycles. The molecule has 3 rings (SSSR count). The third-order valence-electron chi connectivity index (χ3n) is 9.39. The average molecular weight is 755 g/mol. The van der Waals surface area contributed by atoms with E-state index in [1.165, 1.54) is 18.0 Å². The monoisotopic (exact) mass is 754 g/mol. The molecule has 0 radical (unpaired) electrons. The SMILES string of the molecule is CN1C(=O)[C@H](C[C@@H](O)CN)NC(=O)[C@@H](N)Cc2cc(ccc2O)-c2cccc(c2)C[C@H]1C(=O)N[C@@H](CCCN)C(=O)N[C@@H](CCCN)CC(=O)NCCN. The van der Waals surface area contributed by atoms with Crippen LogP contribution in [-0.4, -0.2) is 121 Å². The van der Waals surface area contributed by atoms with E-state index >= 15 is 0 Å². The fourth-order valence-electron chi connectivity index (χ4n) is 6.29. The number of carbonyl (C=O) groups excluding carboxylic acids is 5. The zero-order valence-electron chi connectivity index (χ0n) is 31.0. The number of phenols is 1. The predicted molar refractivity (Wildman–Crippen MR) is 204 cm³/mol. The number of phenolic OH excluding ortho intramolecular Hbond substituents is 1. The van der Waals surface area contributed by atoms with Crippen LogP contribution in [0.3, 0.4) is 0 Å². The number of nitrogens with one attached hydrogen (secondary N) is 4. The van der Waals surface area contributed by atoms with Gasteiger partial charge in [0.05, 0.1) is 12.1 Å². The molecular weight excluding hydrogens is 696 g/mol. The van der Waals surface area contributed by atoms with Crippen LogP contribution in [0.2, 0.25) is 0 Å². The summed E-state index contributed by atoms with van der Waals surface area (Å²) in [4.78, 5) is 69.4. The fourth-order valence-corrected chi connectivity index (χ4v) is 6.29. The number of aromatic hydroxyl groups is 1. The smallest absolute Gasteiger partial charge is 0.245 e. The first-order chi connectivity index (χ1) is 25.8. The number of likely N-dealkylation sites (N-methyl/N-ethyl adjacent to an activating group) is 1.